The van der Waals surface area contributed by atoms with E-state index in [9.17, 15) is 13.9 Å². The third-order valence-electron chi connectivity index (χ3n) is 7.74. The minimum absolute atomic E-state index is 0.00327. The van der Waals surface area contributed by atoms with E-state index in [1.165, 1.54) is 11.0 Å². The SMILES string of the molecule is Nc1nc2c(nnn2[C@@H]2O[C@@H]3COP(=O)(S)O[C@@]45C[C@H](n6ccc7c(N)ncnc76)O[C@@H]4C5OP(=O)(S)O[C@H]2C3)c(=O)[nH]1. The number of nitrogens with zero attached hydrogens (tertiary/aromatic N) is 7. The van der Waals surface area contributed by atoms with Crippen molar-refractivity contribution >= 4 is 72.1 Å². The molecular formula is C20H22N10O9P2S2. The van der Waals surface area contributed by atoms with Gasteiger partial charge in [0.25, 0.3) is 5.56 Å². The number of aromatic nitrogens is 8. The molecule has 4 aromatic heterocycles. The highest BCUT2D eigenvalue weighted by Gasteiger charge is 2.77. The third-order valence-corrected chi connectivity index (χ3v) is 11.0. The number of nitrogens with one attached hydrogen (secondary N) is 1. The largest absolute Gasteiger partial charge is 0.387 e. The molecule has 1 aliphatic carbocycles. The second-order valence-electron chi connectivity index (χ2n) is 10.4. The summed E-state index contributed by atoms with van der Waals surface area (Å²) in [5, 5.41) is 8.46. The molecular weight excluding hydrogens is 650 g/mol. The Morgan fingerprint density at radius 3 is 2.77 bits per heavy atom. The molecule has 0 amide bonds. The van der Waals surface area contributed by atoms with Gasteiger partial charge in [-0.25, -0.2) is 19.1 Å². The van der Waals surface area contributed by atoms with Crippen LogP contribution >= 0.6 is 38.1 Å². The molecule has 7 heterocycles. The topological polar surface area (TPSA) is 249 Å². The first kappa shape index (κ1) is 27.9. The minimum atomic E-state index is -4.16. The van der Waals surface area contributed by atoms with Gasteiger partial charge in [-0.2, -0.15) is 9.67 Å². The van der Waals surface area contributed by atoms with Crippen LogP contribution in [0.15, 0.2) is 23.4 Å². The van der Waals surface area contributed by atoms with Crippen molar-refractivity contribution in [3.63, 3.8) is 0 Å². The van der Waals surface area contributed by atoms with Crippen molar-refractivity contribution in [2.24, 2.45) is 0 Å². The van der Waals surface area contributed by atoms with E-state index in [2.05, 4.69) is 54.7 Å². The first-order valence-electron chi connectivity index (χ1n) is 12.8. The van der Waals surface area contributed by atoms with Gasteiger partial charge in [0, 0.05) is 19.0 Å². The van der Waals surface area contributed by atoms with Crippen molar-refractivity contribution in [2.45, 2.75) is 55.3 Å². The molecule has 3 saturated heterocycles. The smallest absolute Gasteiger partial charge is 0.383 e. The molecule has 228 valence electrons. The van der Waals surface area contributed by atoms with Crippen LogP contribution in [0.5, 0.6) is 0 Å². The molecule has 19 nitrogen and oxygen atoms in total. The Bertz CT molecular complexity index is 1960. The lowest BCUT2D eigenvalue weighted by atomic mass is 10.2. The minimum Gasteiger partial charge on any atom is -0.383 e. The third kappa shape index (κ3) is 4.53. The van der Waals surface area contributed by atoms with Gasteiger partial charge in [0.15, 0.2) is 17.4 Å². The number of nitrogens with two attached hydrogens (primary N) is 2. The molecule has 43 heavy (non-hydrogen) atoms. The van der Waals surface area contributed by atoms with E-state index in [0.29, 0.717) is 16.9 Å². The highest BCUT2D eigenvalue weighted by atomic mass is 32.7. The Labute approximate surface area is 250 Å². The van der Waals surface area contributed by atoms with E-state index in [-0.39, 0.29) is 36.6 Å². The molecule has 5 N–H and O–H groups in total. The molecule has 1 saturated carbocycles. The van der Waals surface area contributed by atoms with Gasteiger partial charge < -0.3 is 25.5 Å². The number of hydrogen-bond donors (Lipinski definition) is 5. The summed E-state index contributed by atoms with van der Waals surface area (Å²) in [6.45, 7) is -8.47. The monoisotopic (exact) mass is 672 g/mol. The zero-order chi connectivity index (χ0) is 29.9. The second-order valence-corrected chi connectivity index (χ2v) is 16.1. The summed E-state index contributed by atoms with van der Waals surface area (Å²) in [5.41, 5.74) is 10.1. The van der Waals surface area contributed by atoms with E-state index in [1.807, 2.05) is 0 Å². The Kier molecular flexibility index (Phi) is 6.15. The Hall–Kier alpha value is -2.58. The van der Waals surface area contributed by atoms with Crippen molar-refractivity contribution in [3.05, 3.63) is 28.9 Å². The molecule has 0 aromatic carbocycles. The quantitative estimate of drug-likeness (QED) is 0.149. The molecule has 3 unspecified atom stereocenters. The summed E-state index contributed by atoms with van der Waals surface area (Å²) < 4.78 is 65.6. The fraction of sp³-hybridized carbons (Fsp3) is 0.500. The summed E-state index contributed by atoms with van der Waals surface area (Å²) in [4.78, 5) is 27.0. The van der Waals surface area contributed by atoms with Gasteiger partial charge in [-0.15, -0.1) is 5.10 Å². The number of hydrogen-bond acceptors (Lipinski definition) is 16. The molecule has 0 radical (unpaired) electrons. The fourth-order valence-electron chi connectivity index (χ4n) is 5.85. The molecule has 4 fully saturated rings. The van der Waals surface area contributed by atoms with Gasteiger partial charge in [0.2, 0.25) is 5.95 Å². The van der Waals surface area contributed by atoms with Crippen LogP contribution in [0.25, 0.3) is 22.2 Å². The number of nitrogen functional groups attached to an aromatic ring is 2. The molecule has 9 atom stereocenters. The summed E-state index contributed by atoms with van der Waals surface area (Å²) in [6.07, 6.45) is -2.08. The number of anilines is 2. The maximum Gasteiger partial charge on any atom is 0.387 e. The fourth-order valence-corrected chi connectivity index (χ4v) is 9.45. The molecule has 8 rings (SSSR count). The van der Waals surface area contributed by atoms with E-state index >= 15 is 0 Å². The first-order valence-corrected chi connectivity index (χ1v) is 18.2. The number of aromatic amines is 1. The van der Waals surface area contributed by atoms with Gasteiger partial charge >= 0.3 is 13.6 Å². The normalized spacial score (nSPS) is 39.3. The molecule has 23 heteroatoms. The summed E-state index contributed by atoms with van der Waals surface area (Å²) in [6, 6.07) is 1.75. The van der Waals surface area contributed by atoms with Crippen LogP contribution in [-0.4, -0.2) is 76.1 Å². The predicted molar refractivity (Wildman–Crippen MR) is 152 cm³/mol. The van der Waals surface area contributed by atoms with E-state index in [0.717, 1.165) is 0 Å². The maximum absolute atomic E-state index is 13.7. The Morgan fingerprint density at radius 1 is 1.09 bits per heavy atom. The average Bonchev–Trinajstić information content (AvgIpc) is 3.52. The van der Waals surface area contributed by atoms with Crippen molar-refractivity contribution in [1.29, 1.82) is 0 Å². The number of thiol groups is 2. The van der Waals surface area contributed by atoms with E-state index in [1.54, 1.807) is 16.8 Å². The number of rotatable bonds is 2. The van der Waals surface area contributed by atoms with Gasteiger partial charge in [-0.1, -0.05) is 29.7 Å². The van der Waals surface area contributed by atoms with E-state index in [4.69, 9.17) is 39.0 Å². The highest BCUT2D eigenvalue weighted by Crippen LogP contribution is 2.72. The van der Waals surface area contributed by atoms with Gasteiger partial charge in [-0.05, 0) is 6.07 Å². The Morgan fingerprint density at radius 2 is 1.93 bits per heavy atom. The molecule has 2 bridgehead atoms. The van der Waals surface area contributed by atoms with Crippen LogP contribution in [0.4, 0.5) is 11.8 Å². The zero-order valence-electron chi connectivity index (χ0n) is 21.6. The Balaban J connectivity index is 1.10. The van der Waals surface area contributed by atoms with Crippen molar-refractivity contribution < 1.29 is 36.7 Å². The lowest BCUT2D eigenvalue weighted by molar-refractivity contribution is -0.0504. The van der Waals surface area contributed by atoms with Gasteiger partial charge in [-0.3, -0.25) is 27.9 Å². The summed E-state index contributed by atoms with van der Waals surface area (Å²) >= 11 is 8.42. The number of H-pyrrole nitrogens is 1. The van der Waals surface area contributed by atoms with Crippen LogP contribution in [0.3, 0.4) is 0 Å². The highest BCUT2D eigenvalue weighted by molar-refractivity contribution is 8.44. The standard InChI is InChI=1S/C20H22N10O9P2S2/c21-14-8-1-2-29(15(8)24-6-23-14)10-4-20-12(36-10)13(20)38-41(33,43)37-9-3-7(5-34-40(32,42)39-20)35-18(9)30-16-11(27-28-30)17(31)26-19(22)25-16/h1-2,6-7,9-10,12-13,18H,3-5H2,(H,32,42)(H,33,43)(H2,21,23,24)(H3,22,25,26,31)/t7-,9-,10+,12+,13?,18+,20-,40?,41?/m0/s1. The molecule has 4 aromatic rings. The van der Waals surface area contributed by atoms with Crippen molar-refractivity contribution in [2.75, 3.05) is 18.1 Å². The molecule has 4 aliphatic rings. The zero-order valence-corrected chi connectivity index (χ0v) is 25.1. The van der Waals surface area contributed by atoms with Crippen LogP contribution in [0.1, 0.15) is 25.3 Å². The average molecular weight is 673 g/mol. The van der Waals surface area contributed by atoms with Crippen LogP contribution in [-0.2, 0) is 36.7 Å². The van der Waals surface area contributed by atoms with Crippen molar-refractivity contribution in [1.82, 2.24) is 39.5 Å². The first-order chi connectivity index (χ1) is 20.4. The molecule has 3 aliphatic heterocycles. The second kappa shape index (κ2) is 9.46. The molecule has 1 spiro atoms. The lowest BCUT2D eigenvalue weighted by Crippen LogP contribution is -2.25. The summed E-state index contributed by atoms with van der Waals surface area (Å²) in [5.74, 6) is 0.126. The van der Waals surface area contributed by atoms with Crippen molar-refractivity contribution in [3.8, 4) is 0 Å². The van der Waals surface area contributed by atoms with E-state index < -0.39 is 61.6 Å². The van der Waals surface area contributed by atoms with Crippen LogP contribution in [0, 0.1) is 0 Å². The summed E-state index contributed by atoms with van der Waals surface area (Å²) in [7, 11) is 0. The van der Waals surface area contributed by atoms with Gasteiger partial charge in [0.05, 0.1) is 18.1 Å². The number of fused-ring (bicyclic) bond motifs is 5. The lowest BCUT2D eigenvalue weighted by Gasteiger charge is -2.26. The van der Waals surface area contributed by atoms with Crippen LogP contribution < -0.4 is 17.0 Å². The predicted octanol–water partition coefficient (Wildman–Crippen LogP) is 1.34. The van der Waals surface area contributed by atoms with Crippen LogP contribution in [0.2, 0.25) is 0 Å². The van der Waals surface area contributed by atoms with Gasteiger partial charge in [0.1, 0.15) is 47.9 Å². The maximum atomic E-state index is 13.7. The number of ether oxygens (including phenoxy) is 2.